The largest absolute Gasteiger partial charge is 0.288 e. The third-order valence-corrected chi connectivity index (χ3v) is 3.52. The summed E-state index contributed by atoms with van der Waals surface area (Å²) in [6.07, 6.45) is 2.69. The lowest BCUT2D eigenvalue weighted by Gasteiger charge is -2.02. The fraction of sp³-hybridized carbons (Fsp3) is 0.0625. The van der Waals surface area contributed by atoms with Crippen molar-refractivity contribution in [3.63, 3.8) is 0 Å². The number of nitriles is 2. The van der Waals surface area contributed by atoms with E-state index < -0.39 is 5.91 Å². The molecule has 0 fully saturated rings. The van der Waals surface area contributed by atoms with Gasteiger partial charge in [0.05, 0.1) is 11.6 Å². The summed E-state index contributed by atoms with van der Waals surface area (Å²) in [6, 6.07) is 10.6. The van der Waals surface area contributed by atoms with E-state index in [2.05, 4.69) is 10.1 Å². The van der Waals surface area contributed by atoms with E-state index in [0.717, 1.165) is 4.68 Å². The first-order valence-electron chi connectivity index (χ1n) is 6.64. The number of carbonyl (C=O) groups is 1. The first kappa shape index (κ1) is 17.4. The van der Waals surface area contributed by atoms with Crippen LogP contribution >= 0.6 is 23.8 Å². The smallest absolute Gasteiger partial charge is 0.266 e. The molecule has 1 aromatic carbocycles. The maximum absolute atomic E-state index is 12.4. The Morgan fingerprint density at radius 1 is 1.38 bits per heavy atom. The molecule has 2 aromatic rings. The summed E-state index contributed by atoms with van der Waals surface area (Å²) in [5, 5.41) is 21.5. The summed E-state index contributed by atoms with van der Waals surface area (Å²) in [4.78, 5) is 16.3. The molecule has 0 atom stereocenters. The van der Waals surface area contributed by atoms with Gasteiger partial charge in [0.2, 0.25) is 4.77 Å². The van der Waals surface area contributed by atoms with Gasteiger partial charge >= 0.3 is 0 Å². The van der Waals surface area contributed by atoms with Crippen molar-refractivity contribution >= 4 is 35.8 Å². The highest BCUT2D eigenvalue weighted by Crippen LogP contribution is 2.19. The standard InChI is InChI=1S/C16H10ClN5OS/c1-10-20-16(24)21-22(10)15(23)13(9-19)7-11(8-18)6-12-4-2-3-5-14(12)17/h2-7H,1H3,(H,21,24)/b11-6+,13-7+. The maximum atomic E-state index is 12.4. The highest BCUT2D eigenvalue weighted by molar-refractivity contribution is 7.71. The van der Waals surface area contributed by atoms with Crippen molar-refractivity contribution in [3.05, 3.63) is 62.7 Å². The second-order valence-corrected chi connectivity index (χ2v) is 5.41. The minimum absolute atomic E-state index is 0.115. The third-order valence-electron chi connectivity index (χ3n) is 2.99. The number of nitrogens with one attached hydrogen (secondary N) is 1. The predicted molar refractivity (Wildman–Crippen MR) is 91.5 cm³/mol. The molecular formula is C16H10ClN5OS. The summed E-state index contributed by atoms with van der Waals surface area (Å²) >= 11 is 10.9. The number of halogens is 1. The average molecular weight is 356 g/mol. The van der Waals surface area contributed by atoms with Gasteiger partial charge in [-0.2, -0.15) is 10.5 Å². The van der Waals surface area contributed by atoms with Gasteiger partial charge < -0.3 is 0 Å². The highest BCUT2D eigenvalue weighted by Gasteiger charge is 2.15. The highest BCUT2D eigenvalue weighted by atomic mass is 35.5. The number of benzene rings is 1. The van der Waals surface area contributed by atoms with Crippen molar-refractivity contribution in [3.8, 4) is 12.1 Å². The Balaban J connectivity index is 2.45. The molecule has 0 aliphatic rings. The molecule has 0 saturated heterocycles. The number of rotatable bonds is 3. The van der Waals surface area contributed by atoms with Crippen molar-refractivity contribution in [2.45, 2.75) is 6.92 Å². The number of nitrogens with zero attached hydrogens (tertiary/aromatic N) is 4. The van der Waals surface area contributed by atoms with Crippen molar-refractivity contribution in [1.29, 1.82) is 10.5 Å². The summed E-state index contributed by atoms with van der Waals surface area (Å²) in [6.45, 7) is 1.57. The van der Waals surface area contributed by atoms with Gasteiger partial charge in [-0.1, -0.05) is 29.8 Å². The van der Waals surface area contributed by atoms with Gasteiger partial charge in [0, 0.05) is 5.02 Å². The van der Waals surface area contributed by atoms with Crippen LogP contribution in [0, 0.1) is 34.4 Å². The first-order valence-corrected chi connectivity index (χ1v) is 7.43. The zero-order valence-corrected chi connectivity index (χ0v) is 14.0. The number of aromatic amines is 1. The summed E-state index contributed by atoms with van der Waals surface area (Å²) < 4.78 is 1.19. The van der Waals surface area contributed by atoms with Crippen molar-refractivity contribution < 1.29 is 4.79 Å². The molecule has 0 amide bonds. The number of H-pyrrole nitrogens is 1. The topological polar surface area (TPSA) is 98.3 Å². The number of allylic oxidation sites excluding steroid dienone is 3. The molecular weight excluding hydrogens is 346 g/mol. The lowest BCUT2D eigenvalue weighted by Crippen LogP contribution is -2.16. The molecule has 8 heteroatoms. The van der Waals surface area contributed by atoms with E-state index in [-0.39, 0.29) is 15.9 Å². The second-order valence-electron chi connectivity index (χ2n) is 4.62. The van der Waals surface area contributed by atoms with Gasteiger partial charge in [-0.05, 0) is 42.9 Å². The Bertz CT molecular complexity index is 1000. The number of hydrogen-bond donors (Lipinski definition) is 1. The van der Waals surface area contributed by atoms with E-state index in [1.54, 1.807) is 37.3 Å². The molecule has 118 valence electrons. The van der Waals surface area contributed by atoms with E-state index in [0.29, 0.717) is 16.4 Å². The molecule has 1 aromatic heterocycles. The van der Waals surface area contributed by atoms with Crippen LogP contribution in [-0.2, 0) is 0 Å². The number of carbonyl (C=O) groups excluding carboxylic acids is 1. The van der Waals surface area contributed by atoms with Crippen molar-refractivity contribution in [2.24, 2.45) is 0 Å². The van der Waals surface area contributed by atoms with Crippen LogP contribution in [0.3, 0.4) is 0 Å². The quantitative estimate of drug-likeness (QED) is 0.392. The molecule has 24 heavy (non-hydrogen) atoms. The molecule has 0 spiro atoms. The Kier molecular flexibility index (Phi) is 5.43. The van der Waals surface area contributed by atoms with Gasteiger partial charge in [0.15, 0.2) is 0 Å². The predicted octanol–water partition coefficient (Wildman–Crippen LogP) is 3.60. The maximum Gasteiger partial charge on any atom is 0.288 e. The monoisotopic (exact) mass is 355 g/mol. The molecule has 6 nitrogen and oxygen atoms in total. The van der Waals surface area contributed by atoms with E-state index in [1.807, 2.05) is 6.07 Å². The van der Waals surface area contributed by atoms with Crippen LogP contribution < -0.4 is 0 Å². The zero-order valence-electron chi connectivity index (χ0n) is 12.4. The average Bonchev–Trinajstić information content (AvgIpc) is 2.91. The van der Waals surface area contributed by atoms with Crippen LogP contribution in [-0.4, -0.2) is 20.7 Å². The second kappa shape index (κ2) is 7.51. The molecule has 1 heterocycles. The molecule has 2 rings (SSSR count). The molecule has 0 aliphatic heterocycles. The molecule has 0 bridgehead atoms. The third kappa shape index (κ3) is 3.85. The van der Waals surface area contributed by atoms with Crippen LogP contribution in [0.15, 0.2) is 41.5 Å². The van der Waals surface area contributed by atoms with Gasteiger partial charge in [-0.3, -0.25) is 9.89 Å². The number of aromatic nitrogens is 3. The van der Waals surface area contributed by atoms with E-state index in [4.69, 9.17) is 23.8 Å². The lowest BCUT2D eigenvalue weighted by molar-refractivity contribution is 0.0942. The number of aryl methyl sites for hydroxylation is 1. The van der Waals surface area contributed by atoms with Crippen LogP contribution in [0.2, 0.25) is 5.02 Å². The Morgan fingerprint density at radius 3 is 2.62 bits per heavy atom. The number of hydrogen-bond acceptors (Lipinski definition) is 5. The Labute approximate surface area is 147 Å². The minimum atomic E-state index is -0.654. The Hall–Kier alpha value is -3.00. The molecule has 0 aliphatic carbocycles. The summed E-state index contributed by atoms with van der Waals surface area (Å²) in [5.74, 6) is -0.335. The van der Waals surface area contributed by atoms with Crippen molar-refractivity contribution in [2.75, 3.05) is 0 Å². The molecule has 0 radical (unpaired) electrons. The van der Waals surface area contributed by atoms with Gasteiger partial charge in [0.25, 0.3) is 5.91 Å². The normalized spacial score (nSPS) is 11.7. The van der Waals surface area contributed by atoms with E-state index >= 15 is 0 Å². The minimum Gasteiger partial charge on any atom is -0.266 e. The first-order chi connectivity index (χ1) is 11.5. The van der Waals surface area contributed by atoms with Crippen LogP contribution in [0.1, 0.15) is 16.2 Å². The van der Waals surface area contributed by atoms with Crippen molar-refractivity contribution in [1.82, 2.24) is 14.8 Å². The van der Waals surface area contributed by atoms with Gasteiger partial charge in [-0.15, -0.1) is 0 Å². The summed E-state index contributed by atoms with van der Waals surface area (Å²) in [7, 11) is 0. The van der Waals surface area contributed by atoms with E-state index in [1.165, 1.54) is 12.2 Å². The molecule has 0 saturated carbocycles. The fourth-order valence-corrected chi connectivity index (χ4v) is 2.29. The van der Waals surface area contributed by atoms with Gasteiger partial charge in [-0.25, -0.2) is 9.67 Å². The van der Waals surface area contributed by atoms with Crippen LogP contribution in [0.5, 0.6) is 0 Å². The zero-order chi connectivity index (χ0) is 17.7. The SMILES string of the molecule is Cc1nc(=S)[nH]n1C(=O)/C(C#N)=C/C(C#N)=C\c1ccccc1Cl. The Morgan fingerprint density at radius 2 is 2.08 bits per heavy atom. The summed E-state index contributed by atoms with van der Waals surface area (Å²) in [5.41, 5.74) is 0.487. The van der Waals surface area contributed by atoms with Crippen LogP contribution in [0.4, 0.5) is 0 Å². The fourth-order valence-electron chi connectivity index (χ4n) is 1.88. The molecule has 0 unspecified atom stereocenters. The van der Waals surface area contributed by atoms with Crippen LogP contribution in [0.25, 0.3) is 6.08 Å². The van der Waals surface area contributed by atoms with E-state index in [9.17, 15) is 15.3 Å². The lowest BCUT2D eigenvalue weighted by atomic mass is 10.1. The molecule has 1 N–H and O–H groups in total. The van der Waals surface area contributed by atoms with Gasteiger partial charge in [0.1, 0.15) is 17.5 Å².